The van der Waals surface area contributed by atoms with Gasteiger partial charge in [0.2, 0.25) is 3.79 Å². The first-order valence-corrected chi connectivity index (χ1v) is 7.42. The molecule has 5 nitrogen and oxygen atoms in total. The largest absolute Gasteiger partial charge is 0.461 e. The van der Waals surface area contributed by atoms with Crippen LogP contribution >= 0.6 is 34.8 Å². The lowest BCUT2D eigenvalue weighted by Gasteiger charge is -2.11. The quantitative estimate of drug-likeness (QED) is 0.829. The van der Waals surface area contributed by atoms with Gasteiger partial charge in [-0.25, -0.2) is 4.98 Å². The second-order valence-corrected chi connectivity index (χ2v) is 6.39. The summed E-state index contributed by atoms with van der Waals surface area (Å²) in [5, 5.41) is 8.79. The number of hydrogen-bond acceptors (Lipinski definition) is 5. The molecule has 2 rings (SSSR count). The number of aliphatic hydroxyl groups is 1. The maximum Gasteiger partial charge on any atom is 0.320 e. The minimum atomic E-state index is -1.80. The fourth-order valence-corrected chi connectivity index (χ4v) is 1.76. The lowest BCUT2D eigenvalue weighted by atomic mass is 10.2. The highest BCUT2D eigenvalue weighted by atomic mass is 35.6. The molecule has 0 aliphatic rings. The van der Waals surface area contributed by atoms with E-state index in [-0.39, 0.29) is 30.9 Å². The van der Waals surface area contributed by atoms with Crippen LogP contribution in [0.4, 0.5) is 0 Å². The molecular formula is C14H12Cl3N3O2. The fraction of sp³-hybridized carbons (Fsp3) is 0.214. The van der Waals surface area contributed by atoms with Crippen molar-refractivity contribution in [2.75, 3.05) is 13.2 Å². The zero-order valence-corrected chi connectivity index (χ0v) is 13.6. The first-order valence-electron chi connectivity index (χ1n) is 6.29. The Morgan fingerprint density at radius 1 is 1.05 bits per heavy atom. The monoisotopic (exact) mass is 359 g/mol. The van der Waals surface area contributed by atoms with Gasteiger partial charge < -0.3 is 9.84 Å². The number of aromatic nitrogens is 3. The second kappa shape index (κ2) is 7.74. The highest BCUT2D eigenvalue weighted by molar-refractivity contribution is 6.66. The number of benzene rings is 1. The zero-order chi connectivity index (χ0) is 16.0. The summed E-state index contributed by atoms with van der Waals surface area (Å²) in [5.41, 5.74) is 0.969. The molecule has 0 atom stereocenters. The predicted octanol–water partition coefficient (Wildman–Crippen LogP) is 3.24. The molecule has 1 heterocycles. The molecule has 1 aromatic heterocycles. The van der Waals surface area contributed by atoms with E-state index in [1.165, 1.54) is 0 Å². The van der Waals surface area contributed by atoms with Crippen molar-refractivity contribution in [1.82, 2.24) is 15.0 Å². The molecule has 0 saturated carbocycles. The minimum absolute atomic E-state index is 0.0157. The van der Waals surface area contributed by atoms with Gasteiger partial charge in [-0.1, -0.05) is 71.2 Å². The van der Waals surface area contributed by atoms with Gasteiger partial charge in [0.15, 0.2) is 11.6 Å². The summed E-state index contributed by atoms with van der Waals surface area (Å²) in [6.07, 6.45) is 3.47. The minimum Gasteiger partial charge on any atom is -0.461 e. The standard InChI is InChI=1S/C14H12Cl3N3O2/c15-14(16,17)12-18-11(19-13(20-12)22-9-8-21)7-6-10-4-2-1-3-5-10/h1-7,21H,8-9H2. The smallest absolute Gasteiger partial charge is 0.320 e. The van der Waals surface area contributed by atoms with E-state index in [1.807, 2.05) is 36.4 Å². The van der Waals surface area contributed by atoms with E-state index in [1.54, 1.807) is 6.08 Å². The van der Waals surface area contributed by atoms with E-state index in [4.69, 9.17) is 44.6 Å². The van der Waals surface area contributed by atoms with Crippen LogP contribution in [-0.4, -0.2) is 33.3 Å². The molecule has 0 fully saturated rings. The number of alkyl halides is 3. The van der Waals surface area contributed by atoms with Crippen LogP contribution in [0, 0.1) is 0 Å². The Morgan fingerprint density at radius 3 is 2.41 bits per heavy atom. The topological polar surface area (TPSA) is 68.1 Å². The third-order valence-corrected chi connectivity index (χ3v) is 2.94. The second-order valence-electron chi connectivity index (χ2n) is 4.11. The van der Waals surface area contributed by atoms with E-state index in [0.717, 1.165) is 5.56 Å². The van der Waals surface area contributed by atoms with Crippen molar-refractivity contribution in [3.63, 3.8) is 0 Å². The van der Waals surface area contributed by atoms with Crippen molar-refractivity contribution in [3.05, 3.63) is 47.5 Å². The average Bonchev–Trinajstić information content (AvgIpc) is 2.51. The molecule has 1 aromatic carbocycles. The summed E-state index contributed by atoms with van der Waals surface area (Å²) in [4.78, 5) is 12.1. The van der Waals surface area contributed by atoms with E-state index in [9.17, 15) is 0 Å². The van der Waals surface area contributed by atoms with Gasteiger partial charge in [0, 0.05) is 0 Å². The number of ether oxygens (including phenoxy) is 1. The Morgan fingerprint density at radius 2 is 1.77 bits per heavy atom. The molecule has 22 heavy (non-hydrogen) atoms. The molecule has 0 spiro atoms. The molecule has 1 N–H and O–H groups in total. The van der Waals surface area contributed by atoms with Crippen LogP contribution in [0.15, 0.2) is 30.3 Å². The Hall–Kier alpha value is -1.40. The van der Waals surface area contributed by atoms with Crippen LogP contribution in [0.2, 0.25) is 0 Å². The van der Waals surface area contributed by atoms with Gasteiger partial charge in [-0.15, -0.1) is 0 Å². The van der Waals surface area contributed by atoms with Crippen molar-refractivity contribution in [1.29, 1.82) is 0 Å². The van der Waals surface area contributed by atoms with E-state index >= 15 is 0 Å². The summed E-state index contributed by atoms with van der Waals surface area (Å²) in [6, 6.07) is 9.58. The number of hydrogen-bond donors (Lipinski definition) is 1. The third kappa shape index (κ3) is 5.10. The van der Waals surface area contributed by atoms with Crippen LogP contribution in [0.1, 0.15) is 17.2 Å². The highest BCUT2D eigenvalue weighted by Gasteiger charge is 2.28. The van der Waals surface area contributed by atoms with Gasteiger partial charge in [0.1, 0.15) is 6.61 Å². The normalized spacial score (nSPS) is 11.8. The molecular weight excluding hydrogens is 349 g/mol. The molecule has 2 aromatic rings. The van der Waals surface area contributed by atoms with E-state index in [2.05, 4.69) is 15.0 Å². The number of aliphatic hydroxyl groups excluding tert-OH is 1. The molecule has 0 unspecified atom stereocenters. The molecule has 0 saturated heterocycles. The summed E-state index contributed by atoms with van der Waals surface area (Å²) in [7, 11) is 0. The number of halogens is 3. The van der Waals surface area contributed by atoms with Crippen molar-refractivity contribution in [2.24, 2.45) is 0 Å². The summed E-state index contributed by atoms with van der Waals surface area (Å²) in [6.45, 7) is -0.144. The predicted molar refractivity (Wildman–Crippen MR) is 87.0 cm³/mol. The highest BCUT2D eigenvalue weighted by Crippen LogP contribution is 2.36. The van der Waals surface area contributed by atoms with E-state index in [0.29, 0.717) is 0 Å². The Balaban J connectivity index is 2.31. The van der Waals surface area contributed by atoms with Crippen LogP contribution in [-0.2, 0) is 3.79 Å². The van der Waals surface area contributed by atoms with Crippen LogP contribution in [0.25, 0.3) is 12.2 Å². The Kier molecular flexibility index (Phi) is 5.97. The molecule has 0 aliphatic carbocycles. The van der Waals surface area contributed by atoms with Crippen molar-refractivity contribution in [3.8, 4) is 6.01 Å². The maximum absolute atomic E-state index is 8.79. The first kappa shape index (κ1) is 17.0. The van der Waals surface area contributed by atoms with Gasteiger partial charge >= 0.3 is 6.01 Å². The maximum atomic E-state index is 8.79. The van der Waals surface area contributed by atoms with E-state index < -0.39 is 3.79 Å². The fourth-order valence-electron chi connectivity index (χ4n) is 1.51. The van der Waals surface area contributed by atoms with Crippen molar-refractivity contribution in [2.45, 2.75) is 3.79 Å². The van der Waals surface area contributed by atoms with Gasteiger partial charge in [0.05, 0.1) is 6.61 Å². The average molecular weight is 361 g/mol. The van der Waals surface area contributed by atoms with Gasteiger partial charge in [-0.05, 0) is 11.6 Å². The van der Waals surface area contributed by atoms with Crippen molar-refractivity contribution >= 4 is 47.0 Å². The van der Waals surface area contributed by atoms with Crippen LogP contribution in [0.5, 0.6) is 6.01 Å². The molecule has 0 amide bonds. The van der Waals surface area contributed by atoms with Gasteiger partial charge in [-0.2, -0.15) is 9.97 Å². The Bertz CT molecular complexity index is 646. The Labute approximate surface area is 142 Å². The zero-order valence-electron chi connectivity index (χ0n) is 11.3. The lowest BCUT2D eigenvalue weighted by Crippen LogP contribution is -2.13. The van der Waals surface area contributed by atoms with Crippen LogP contribution in [0.3, 0.4) is 0 Å². The number of nitrogens with zero attached hydrogens (tertiary/aromatic N) is 3. The molecule has 0 radical (unpaired) electrons. The number of rotatable bonds is 5. The molecule has 116 valence electrons. The third-order valence-electron chi connectivity index (χ3n) is 2.43. The first-order chi connectivity index (χ1) is 10.5. The van der Waals surface area contributed by atoms with Crippen molar-refractivity contribution < 1.29 is 9.84 Å². The molecule has 8 heteroatoms. The summed E-state index contributed by atoms with van der Waals surface area (Å²) < 4.78 is 3.37. The SMILES string of the molecule is OCCOc1nc(C=Cc2ccccc2)nc(C(Cl)(Cl)Cl)n1. The molecule has 0 bridgehead atoms. The summed E-state index contributed by atoms with van der Waals surface area (Å²) >= 11 is 17.4. The van der Waals surface area contributed by atoms with Crippen LogP contribution < -0.4 is 4.74 Å². The summed E-state index contributed by atoms with van der Waals surface area (Å²) in [5.74, 6) is 0.237. The van der Waals surface area contributed by atoms with Gasteiger partial charge in [-0.3, -0.25) is 0 Å². The lowest BCUT2D eigenvalue weighted by molar-refractivity contribution is 0.190. The molecule has 0 aliphatic heterocycles. The van der Waals surface area contributed by atoms with Gasteiger partial charge in [0.25, 0.3) is 0 Å².